The molecule has 0 aliphatic heterocycles. The molecular weight excluding hydrogens is 290 g/mol. The first-order valence-corrected chi connectivity index (χ1v) is 4.35. The maximum Gasteiger partial charge on any atom is 0.458 e. The van der Waals surface area contributed by atoms with Gasteiger partial charge in [-0.3, -0.25) is 0 Å². The van der Waals surface area contributed by atoms with Gasteiger partial charge in [-0.2, -0.15) is 22.0 Å². The number of hydrogen-bond donors (Lipinski definition) is 0. The van der Waals surface area contributed by atoms with E-state index < -0.39 is 28.0 Å². The van der Waals surface area contributed by atoms with Crippen molar-refractivity contribution in [1.29, 1.82) is 0 Å². The SMILES string of the molecule is Fc1ccc(C(F)(F)C(F)(F)F)c(Br)c1. The predicted molar refractivity (Wildman–Crippen MR) is 44.0 cm³/mol. The zero-order chi connectivity index (χ0) is 11.9. The smallest absolute Gasteiger partial charge is 0.207 e. The third-order valence-electron chi connectivity index (χ3n) is 1.63. The van der Waals surface area contributed by atoms with E-state index in [4.69, 9.17) is 0 Å². The molecule has 1 aromatic rings. The van der Waals surface area contributed by atoms with Gasteiger partial charge in [0.1, 0.15) is 5.82 Å². The average molecular weight is 293 g/mol. The summed E-state index contributed by atoms with van der Waals surface area (Å²) in [7, 11) is 0. The van der Waals surface area contributed by atoms with Crippen LogP contribution in [-0.2, 0) is 5.92 Å². The molecule has 0 saturated heterocycles. The maximum atomic E-state index is 12.8. The quantitative estimate of drug-likeness (QED) is 0.679. The molecule has 0 aliphatic rings. The van der Waals surface area contributed by atoms with Crippen molar-refractivity contribution in [2.45, 2.75) is 12.1 Å². The summed E-state index contributed by atoms with van der Waals surface area (Å²) in [5.41, 5.74) is -1.31. The Kier molecular flexibility index (Phi) is 3.04. The van der Waals surface area contributed by atoms with Crippen LogP contribution in [0.1, 0.15) is 5.56 Å². The highest BCUT2D eigenvalue weighted by molar-refractivity contribution is 9.10. The summed E-state index contributed by atoms with van der Waals surface area (Å²) < 4.78 is 73.2. The standard InChI is InChI=1S/C8H3BrF6/c9-6-3-4(10)1-2-5(6)7(11,12)8(13,14)15/h1-3H. The molecule has 0 aromatic heterocycles. The zero-order valence-electron chi connectivity index (χ0n) is 6.88. The maximum absolute atomic E-state index is 12.8. The lowest BCUT2D eigenvalue weighted by molar-refractivity contribution is -0.289. The Hall–Kier alpha value is -0.720. The monoisotopic (exact) mass is 292 g/mol. The van der Waals surface area contributed by atoms with Gasteiger partial charge in [-0.1, -0.05) is 15.9 Å². The predicted octanol–water partition coefficient (Wildman–Crippen LogP) is 4.24. The van der Waals surface area contributed by atoms with Crippen LogP contribution in [0.3, 0.4) is 0 Å². The fraction of sp³-hybridized carbons (Fsp3) is 0.250. The summed E-state index contributed by atoms with van der Waals surface area (Å²) in [6, 6.07) is 1.49. The molecule has 0 nitrogen and oxygen atoms in total. The van der Waals surface area contributed by atoms with Gasteiger partial charge in [0.2, 0.25) is 0 Å². The van der Waals surface area contributed by atoms with Crippen LogP contribution < -0.4 is 0 Å². The third-order valence-corrected chi connectivity index (χ3v) is 2.28. The Morgan fingerprint density at radius 3 is 1.93 bits per heavy atom. The fourth-order valence-electron chi connectivity index (χ4n) is 0.897. The molecule has 0 aliphatic carbocycles. The first-order chi connectivity index (χ1) is 6.66. The summed E-state index contributed by atoms with van der Waals surface area (Å²) in [6.07, 6.45) is -5.70. The number of halogens is 7. The van der Waals surface area contributed by atoms with Crippen molar-refractivity contribution in [1.82, 2.24) is 0 Å². The van der Waals surface area contributed by atoms with E-state index in [9.17, 15) is 26.3 Å². The van der Waals surface area contributed by atoms with Crippen LogP contribution in [0.2, 0.25) is 0 Å². The zero-order valence-corrected chi connectivity index (χ0v) is 8.46. The van der Waals surface area contributed by atoms with E-state index in [0.29, 0.717) is 18.2 Å². The molecule has 0 spiro atoms. The first-order valence-electron chi connectivity index (χ1n) is 3.56. The van der Waals surface area contributed by atoms with Crippen LogP contribution in [0, 0.1) is 5.82 Å². The van der Waals surface area contributed by atoms with Crippen molar-refractivity contribution in [3.8, 4) is 0 Å². The molecule has 0 unspecified atom stereocenters. The van der Waals surface area contributed by atoms with Gasteiger partial charge in [-0.25, -0.2) is 4.39 Å². The van der Waals surface area contributed by atoms with E-state index in [1.54, 1.807) is 0 Å². The second kappa shape index (κ2) is 3.70. The summed E-state index contributed by atoms with van der Waals surface area (Å²) in [5, 5.41) is 0. The van der Waals surface area contributed by atoms with Crippen LogP contribution in [-0.4, -0.2) is 6.18 Å². The van der Waals surface area contributed by atoms with Crippen LogP contribution in [0.4, 0.5) is 26.3 Å². The molecule has 0 atom stereocenters. The minimum Gasteiger partial charge on any atom is -0.207 e. The molecule has 0 fully saturated rings. The molecule has 1 rings (SSSR count). The molecule has 0 bridgehead atoms. The molecule has 0 heterocycles. The fourth-order valence-corrected chi connectivity index (χ4v) is 1.50. The minimum atomic E-state index is -5.70. The van der Waals surface area contributed by atoms with Gasteiger partial charge >= 0.3 is 12.1 Å². The Morgan fingerprint density at radius 1 is 1.00 bits per heavy atom. The highest BCUT2D eigenvalue weighted by atomic mass is 79.9. The second-order valence-electron chi connectivity index (χ2n) is 2.70. The molecule has 15 heavy (non-hydrogen) atoms. The Morgan fingerprint density at radius 2 is 1.53 bits per heavy atom. The number of alkyl halides is 5. The minimum absolute atomic E-state index is 0.396. The molecule has 1 aromatic carbocycles. The Balaban J connectivity index is 3.28. The first kappa shape index (κ1) is 12.4. The third kappa shape index (κ3) is 2.27. The van der Waals surface area contributed by atoms with Crippen molar-refractivity contribution >= 4 is 15.9 Å². The van der Waals surface area contributed by atoms with Gasteiger partial charge in [0, 0.05) is 10.0 Å². The van der Waals surface area contributed by atoms with Crippen LogP contribution in [0.15, 0.2) is 22.7 Å². The Bertz CT molecular complexity index is 370. The highest BCUT2D eigenvalue weighted by Gasteiger charge is 2.59. The molecule has 0 amide bonds. The van der Waals surface area contributed by atoms with Crippen molar-refractivity contribution in [2.24, 2.45) is 0 Å². The average Bonchev–Trinajstić information content (AvgIpc) is 2.00. The van der Waals surface area contributed by atoms with Gasteiger partial charge in [0.15, 0.2) is 0 Å². The van der Waals surface area contributed by atoms with Crippen LogP contribution in [0.5, 0.6) is 0 Å². The number of benzene rings is 1. The molecular formula is C8H3BrF6. The van der Waals surface area contributed by atoms with E-state index in [-0.39, 0.29) is 0 Å². The summed E-state index contributed by atoms with van der Waals surface area (Å²) in [6.45, 7) is 0. The van der Waals surface area contributed by atoms with E-state index >= 15 is 0 Å². The molecule has 84 valence electrons. The van der Waals surface area contributed by atoms with Gasteiger partial charge < -0.3 is 0 Å². The van der Waals surface area contributed by atoms with Crippen LogP contribution >= 0.6 is 15.9 Å². The van der Waals surface area contributed by atoms with Crippen LogP contribution in [0.25, 0.3) is 0 Å². The summed E-state index contributed by atoms with van der Waals surface area (Å²) in [4.78, 5) is 0. The van der Waals surface area contributed by atoms with Gasteiger partial charge in [0.05, 0.1) is 0 Å². The lowest BCUT2D eigenvalue weighted by Crippen LogP contribution is -2.34. The molecule has 0 saturated carbocycles. The van der Waals surface area contributed by atoms with Gasteiger partial charge in [-0.15, -0.1) is 0 Å². The molecule has 0 radical (unpaired) electrons. The van der Waals surface area contributed by atoms with E-state index in [1.165, 1.54) is 0 Å². The largest absolute Gasteiger partial charge is 0.458 e. The summed E-state index contributed by atoms with van der Waals surface area (Å²) >= 11 is 2.46. The van der Waals surface area contributed by atoms with Gasteiger partial charge in [-0.05, 0) is 18.2 Å². The van der Waals surface area contributed by atoms with Gasteiger partial charge in [0.25, 0.3) is 0 Å². The second-order valence-corrected chi connectivity index (χ2v) is 3.55. The normalized spacial score (nSPS) is 13.0. The number of hydrogen-bond acceptors (Lipinski definition) is 0. The molecule has 7 heteroatoms. The molecule has 0 N–H and O–H groups in total. The van der Waals surface area contributed by atoms with Crippen molar-refractivity contribution in [3.05, 3.63) is 34.1 Å². The number of rotatable bonds is 1. The lowest BCUT2D eigenvalue weighted by Gasteiger charge is -2.20. The van der Waals surface area contributed by atoms with Crippen molar-refractivity contribution in [3.63, 3.8) is 0 Å². The van der Waals surface area contributed by atoms with E-state index in [0.717, 1.165) is 0 Å². The topological polar surface area (TPSA) is 0 Å². The van der Waals surface area contributed by atoms with E-state index in [2.05, 4.69) is 15.9 Å². The lowest BCUT2D eigenvalue weighted by atomic mass is 10.1. The van der Waals surface area contributed by atoms with Crippen molar-refractivity contribution in [2.75, 3.05) is 0 Å². The van der Waals surface area contributed by atoms with E-state index in [1.807, 2.05) is 0 Å². The Labute approximate surface area is 89.0 Å². The highest BCUT2D eigenvalue weighted by Crippen LogP contribution is 2.46. The summed E-state index contributed by atoms with van der Waals surface area (Å²) in [5.74, 6) is -5.90. The van der Waals surface area contributed by atoms with Crippen molar-refractivity contribution < 1.29 is 26.3 Å².